The smallest absolute Gasteiger partial charge is 0.336 e. The van der Waals surface area contributed by atoms with Crippen LogP contribution in [0.15, 0.2) is 45.6 Å². The molecule has 1 aromatic heterocycles. The Morgan fingerprint density at radius 3 is 2.46 bits per heavy atom. The molecular weight excluding hydrogens is 357 g/mol. The second-order valence-electron chi connectivity index (χ2n) is 5.00. The monoisotopic (exact) mass is 365 g/mol. The van der Waals surface area contributed by atoms with E-state index < -0.39 is 10.5 Å². The number of nitro groups is 1. The summed E-state index contributed by atoms with van der Waals surface area (Å²) in [6.07, 6.45) is 0. The minimum atomic E-state index is -0.559. The highest BCUT2D eigenvalue weighted by molar-refractivity contribution is 6.33. The predicted molar refractivity (Wildman–Crippen MR) is 90.4 cm³/mol. The summed E-state index contributed by atoms with van der Waals surface area (Å²) in [5.41, 5.74) is 0.403. The van der Waals surface area contributed by atoms with Crippen LogP contribution in [-0.2, 0) is 0 Å². The Morgan fingerprint density at radius 2 is 1.79 bits per heavy atom. The molecule has 122 valence electrons. The lowest BCUT2D eigenvalue weighted by atomic mass is 10.1. The van der Waals surface area contributed by atoms with Crippen LogP contribution in [0.3, 0.4) is 0 Å². The van der Waals surface area contributed by atoms with Crippen LogP contribution in [0.1, 0.15) is 5.56 Å². The highest BCUT2D eigenvalue weighted by Gasteiger charge is 2.14. The average molecular weight is 366 g/mol. The predicted octanol–water partition coefficient (Wildman–Crippen LogP) is 5.11. The molecule has 0 aliphatic carbocycles. The zero-order valence-electron chi connectivity index (χ0n) is 12.2. The Bertz CT molecular complexity index is 1030. The van der Waals surface area contributed by atoms with Crippen molar-refractivity contribution in [2.24, 2.45) is 0 Å². The molecule has 0 fully saturated rings. The van der Waals surface area contributed by atoms with Crippen molar-refractivity contribution in [3.8, 4) is 11.5 Å². The first kappa shape index (κ1) is 16.3. The van der Waals surface area contributed by atoms with Crippen LogP contribution in [0.25, 0.3) is 11.0 Å². The number of aryl methyl sites for hydroxylation is 1. The Hall–Kier alpha value is -2.57. The number of benzene rings is 2. The molecule has 0 unspecified atom stereocenters. The number of rotatable bonds is 3. The van der Waals surface area contributed by atoms with Crippen molar-refractivity contribution in [2.75, 3.05) is 0 Å². The van der Waals surface area contributed by atoms with Gasteiger partial charge in [0.2, 0.25) is 0 Å². The van der Waals surface area contributed by atoms with Crippen molar-refractivity contribution >= 4 is 39.9 Å². The second kappa shape index (κ2) is 6.14. The summed E-state index contributed by atoms with van der Waals surface area (Å²) in [5.74, 6) is 0.409. The van der Waals surface area contributed by atoms with E-state index in [2.05, 4.69) is 0 Å². The molecule has 0 saturated carbocycles. The van der Waals surface area contributed by atoms with E-state index in [1.54, 1.807) is 13.0 Å². The van der Waals surface area contributed by atoms with Crippen LogP contribution >= 0.6 is 23.2 Å². The number of nitrogens with zero attached hydrogens (tertiary/aromatic N) is 1. The molecule has 6 nitrogen and oxygen atoms in total. The number of fused-ring (bicyclic) bond motifs is 1. The molecule has 0 saturated heterocycles. The lowest BCUT2D eigenvalue weighted by molar-refractivity contribution is -0.384. The summed E-state index contributed by atoms with van der Waals surface area (Å²) < 4.78 is 10.8. The van der Waals surface area contributed by atoms with Gasteiger partial charge in [-0.15, -0.1) is 0 Å². The quantitative estimate of drug-likeness (QED) is 0.365. The van der Waals surface area contributed by atoms with Gasteiger partial charge in [0.25, 0.3) is 5.69 Å². The number of hydrogen-bond acceptors (Lipinski definition) is 5. The largest absolute Gasteiger partial charge is 0.454 e. The van der Waals surface area contributed by atoms with Gasteiger partial charge >= 0.3 is 5.63 Å². The molecule has 8 heteroatoms. The first-order chi connectivity index (χ1) is 11.3. The van der Waals surface area contributed by atoms with Gasteiger partial charge in [0.15, 0.2) is 0 Å². The van der Waals surface area contributed by atoms with Crippen molar-refractivity contribution in [3.63, 3.8) is 0 Å². The fraction of sp³-hybridized carbons (Fsp3) is 0.0625. The zero-order chi connectivity index (χ0) is 17.4. The van der Waals surface area contributed by atoms with Gasteiger partial charge in [-0.3, -0.25) is 10.1 Å². The molecule has 0 bridgehead atoms. The summed E-state index contributed by atoms with van der Waals surface area (Å²) in [4.78, 5) is 21.7. The lowest BCUT2D eigenvalue weighted by Gasteiger charge is -2.10. The van der Waals surface area contributed by atoms with Crippen LogP contribution in [-0.4, -0.2) is 4.92 Å². The van der Waals surface area contributed by atoms with E-state index in [1.807, 2.05) is 0 Å². The van der Waals surface area contributed by atoms with E-state index in [9.17, 15) is 14.9 Å². The Kier molecular flexibility index (Phi) is 4.17. The molecule has 0 radical (unpaired) electrons. The van der Waals surface area contributed by atoms with Gasteiger partial charge < -0.3 is 9.15 Å². The van der Waals surface area contributed by atoms with Crippen LogP contribution in [0.2, 0.25) is 10.0 Å². The molecule has 1 heterocycles. The fourth-order valence-corrected chi connectivity index (χ4v) is 2.62. The first-order valence-electron chi connectivity index (χ1n) is 6.71. The van der Waals surface area contributed by atoms with Gasteiger partial charge in [0.1, 0.15) is 17.1 Å². The minimum Gasteiger partial charge on any atom is -0.454 e. The molecule has 24 heavy (non-hydrogen) atoms. The Balaban J connectivity index is 2.06. The highest BCUT2D eigenvalue weighted by Crippen LogP contribution is 2.37. The fourth-order valence-electron chi connectivity index (χ4n) is 2.20. The standard InChI is InChI=1S/C16H9Cl2NO5/c1-8-4-16(20)24-14-7-15(12(18)6-10(8)14)23-13-3-2-9(19(21)22)5-11(13)17/h2-7H,1H3. The third-order valence-electron chi connectivity index (χ3n) is 3.35. The highest BCUT2D eigenvalue weighted by atomic mass is 35.5. The average Bonchev–Trinajstić information content (AvgIpc) is 2.50. The lowest BCUT2D eigenvalue weighted by Crippen LogP contribution is -1.98. The molecule has 0 atom stereocenters. The molecule has 3 rings (SSSR count). The van der Waals surface area contributed by atoms with Crippen molar-refractivity contribution in [1.29, 1.82) is 0 Å². The van der Waals surface area contributed by atoms with Gasteiger partial charge in [-0.2, -0.15) is 0 Å². The molecule has 2 aromatic carbocycles. The van der Waals surface area contributed by atoms with Crippen molar-refractivity contribution in [2.45, 2.75) is 6.92 Å². The van der Waals surface area contributed by atoms with Gasteiger partial charge in [-0.1, -0.05) is 23.2 Å². The Labute approximate surface area is 145 Å². The summed E-state index contributed by atoms with van der Waals surface area (Å²) in [6, 6.07) is 8.27. The number of nitro benzene ring substituents is 1. The molecule has 0 amide bonds. The number of ether oxygens (including phenoxy) is 1. The third kappa shape index (κ3) is 3.06. The van der Waals surface area contributed by atoms with E-state index in [0.717, 1.165) is 5.56 Å². The van der Waals surface area contributed by atoms with E-state index in [1.165, 1.54) is 30.3 Å². The number of hydrogen-bond donors (Lipinski definition) is 0. The summed E-state index contributed by atoms with van der Waals surface area (Å²) in [6.45, 7) is 1.77. The van der Waals surface area contributed by atoms with Gasteiger partial charge in [0, 0.05) is 29.7 Å². The van der Waals surface area contributed by atoms with Crippen LogP contribution in [0, 0.1) is 17.0 Å². The van der Waals surface area contributed by atoms with E-state index >= 15 is 0 Å². The molecule has 0 N–H and O–H groups in total. The SMILES string of the molecule is Cc1cc(=O)oc2cc(Oc3ccc([N+](=O)[O-])cc3Cl)c(Cl)cc12. The Morgan fingerprint density at radius 1 is 1.08 bits per heavy atom. The maximum absolute atomic E-state index is 11.5. The van der Waals surface area contributed by atoms with Crippen molar-refractivity contribution in [1.82, 2.24) is 0 Å². The van der Waals surface area contributed by atoms with Crippen molar-refractivity contribution in [3.05, 3.63) is 72.5 Å². The van der Waals surface area contributed by atoms with Gasteiger partial charge in [-0.25, -0.2) is 4.79 Å². The van der Waals surface area contributed by atoms with Crippen LogP contribution in [0.5, 0.6) is 11.5 Å². The van der Waals surface area contributed by atoms with Crippen molar-refractivity contribution < 1.29 is 14.1 Å². The second-order valence-corrected chi connectivity index (χ2v) is 5.82. The molecule has 0 aliphatic rings. The maximum Gasteiger partial charge on any atom is 0.336 e. The summed E-state index contributed by atoms with van der Waals surface area (Å²) >= 11 is 12.2. The number of halogens is 2. The first-order valence-corrected chi connectivity index (χ1v) is 7.46. The van der Waals surface area contributed by atoms with E-state index in [4.69, 9.17) is 32.4 Å². The molecule has 0 aliphatic heterocycles. The summed E-state index contributed by atoms with van der Waals surface area (Å²) in [5, 5.41) is 11.8. The minimum absolute atomic E-state index is 0.0612. The summed E-state index contributed by atoms with van der Waals surface area (Å²) in [7, 11) is 0. The topological polar surface area (TPSA) is 82.6 Å². The molecule has 0 spiro atoms. The van der Waals surface area contributed by atoms with Gasteiger partial charge in [0.05, 0.1) is 15.0 Å². The van der Waals surface area contributed by atoms with E-state index in [0.29, 0.717) is 11.0 Å². The zero-order valence-corrected chi connectivity index (χ0v) is 13.7. The number of non-ortho nitro benzene ring substituents is 1. The van der Waals surface area contributed by atoms with Crippen LogP contribution < -0.4 is 10.4 Å². The normalized spacial score (nSPS) is 10.8. The van der Waals surface area contributed by atoms with E-state index in [-0.39, 0.29) is 27.2 Å². The van der Waals surface area contributed by atoms with Gasteiger partial charge in [-0.05, 0) is 24.6 Å². The molecular formula is C16H9Cl2NO5. The third-order valence-corrected chi connectivity index (χ3v) is 3.94. The van der Waals surface area contributed by atoms with Crippen LogP contribution in [0.4, 0.5) is 5.69 Å². The maximum atomic E-state index is 11.5. The molecule has 3 aromatic rings.